The Balaban J connectivity index is 1.51. The highest BCUT2D eigenvalue weighted by atomic mass is 35.5. The van der Waals surface area contributed by atoms with Crippen LogP contribution in [0.25, 0.3) is 11.4 Å². The number of aryl methyl sites for hydroxylation is 1. The number of aromatic nitrogens is 2. The van der Waals surface area contributed by atoms with Gasteiger partial charge in [0.1, 0.15) is 6.04 Å². The fourth-order valence-electron chi connectivity index (χ4n) is 3.27. The second-order valence-corrected chi connectivity index (χ2v) is 7.05. The zero-order valence-electron chi connectivity index (χ0n) is 14.9. The number of nitrogens with zero attached hydrogens (tertiary/aromatic N) is 3. The molecule has 27 heavy (non-hydrogen) atoms. The molecule has 2 heterocycles. The summed E-state index contributed by atoms with van der Waals surface area (Å²) >= 11 is 5.92. The average Bonchev–Trinajstić information content (AvgIpc) is 3.31. The standard InChI is InChI=1S/C20H19ClN4O2/c1-13-4-2-5-16(12-13)22-20(26)25-11-3-6-17(25)19-23-18(24-27-19)14-7-9-15(21)10-8-14/h2,4-5,7-10,12,17H,3,6,11H2,1H3,(H,22,26). The zero-order valence-corrected chi connectivity index (χ0v) is 15.6. The van der Waals surface area contributed by atoms with Crippen LogP contribution in [0.3, 0.4) is 0 Å². The lowest BCUT2D eigenvalue weighted by molar-refractivity contribution is 0.193. The molecule has 1 unspecified atom stereocenters. The Labute approximate surface area is 162 Å². The van der Waals surface area contributed by atoms with E-state index in [0.717, 1.165) is 29.7 Å². The van der Waals surface area contributed by atoms with Gasteiger partial charge < -0.3 is 14.7 Å². The summed E-state index contributed by atoms with van der Waals surface area (Å²) in [4.78, 5) is 19.0. The number of urea groups is 1. The molecule has 2 amide bonds. The molecule has 1 aromatic heterocycles. The lowest BCUT2D eigenvalue weighted by atomic mass is 10.2. The van der Waals surface area contributed by atoms with E-state index >= 15 is 0 Å². The third kappa shape index (κ3) is 3.80. The van der Waals surface area contributed by atoms with E-state index < -0.39 is 0 Å². The van der Waals surface area contributed by atoms with Crippen LogP contribution < -0.4 is 5.32 Å². The molecular formula is C20H19ClN4O2. The van der Waals surface area contributed by atoms with Crippen LogP contribution in [0.2, 0.25) is 5.02 Å². The Hall–Kier alpha value is -2.86. The van der Waals surface area contributed by atoms with Crippen molar-refractivity contribution in [2.45, 2.75) is 25.8 Å². The summed E-state index contributed by atoms with van der Waals surface area (Å²) in [5.74, 6) is 0.949. The van der Waals surface area contributed by atoms with Crippen LogP contribution >= 0.6 is 11.6 Å². The molecule has 0 aliphatic carbocycles. The van der Waals surface area contributed by atoms with E-state index in [1.165, 1.54) is 0 Å². The topological polar surface area (TPSA) is 71.3 Å². The molecule has 0 spiro atoms. The van der Waals surface area contributed by atoms with Gasteiger partial charge in [-0.15, -0.1) is 0 Å². The summed E-state index contributed by atoms with van der Waals surface area (Å²) in [5, 5.41) is 7.66. The Morgan fingerprint density at radius 3 is 2.85 bits per heavy atom. The molecule has 138 valence electrons. The van der Waals surface area contributed by atoms with Gasteiger partial charge in [0.25, 0.3) is 0 Å². The van der Waals surface area contributed by atoms with E-state index in [1.54, 1.807) is 17.0 Å². The number of benzene rings is 2. The highest BCUT2D eigenvalue weighted by molar-refractivity contribution is 6.30. The number of likely N-dealkylation sites (tertiary alicyclic amines) is 1. The number of anilines is 1. The normalized spacial score (nSPS) is 16.5. The molecule has 1 aliphatic rings. The number of hydrogen-bond acceptors (Lipinski definition) is 4. The molecule has 1 atom stereocenters. The number of carbonyl (C=O) groups excluding carboxylic acids is 1. The molecule has 0 radical (unpaired) electrons. The van der Waals surface area contributed by atoms with Crippen LogP contribution in [0.1, 0.15) is 30.3 Å². The van der Waals surface area contributed by atoms with Crippen LogP contribution in [-0.4, -0.2) is 27.6 Å². The molecular weight excluding hydrogens is 364 g/mol. The van der Waals surface area contributed by atoms with Crippen LogP contribution in [0.5, 0.6) is 0 Å². The van der Waals surface area contributed by atoms with Crippen molar-refractivity contribution in [2.75, 3.05) is 11.9 Å². The maximum absolute atomic E-state index is 12.7. The molecule has 1 N–H and O–H groups in total. The number of nitrogens with one attached hydrogen (secondary N) is 1. The quantitative estimate of drug-likeness (QED) is 0.686. The Morgan fingerprint density at radius 2 is 2.07 bits per heavy atom. The van der Waals surface area contributed by atoms with Gasteiger partial charge >= 0.3 is 6.03 Å². The molecule has 1 saturated heterocycles. The van der Waals surface area contributed by atoms with Gasteiger partial charge in [-0.2, -0.15) is 4.98 Å². The van der Waals surface area contributed by atoms with Crippen molar-refractivity contribution in [3.63, 3.8) is 0 Å². The van der Waals surface area contributed by atoms with Crippen molar-refractivity contribution < 1.29 is 9.32 Å². The Kier molecular flexibility index (Phi) is 4.81. The third-order valence-electron chi connectivity index (χ3n) is 4.61. The van der Waals surface area contributed by atoms with Gasteiger partial charge in [-0.25, -0.2) is 4.79 Å². The van der Waals surface area contributed by atoms with Gasteiger partial charge in [-0.3, -0.25) is 0 Å². The minimum atomic E-state index is -0.219. The van der Waals surface area contributed by atoms with E-state index in [2.05, 4.69) is 15.5 Å². The van der Waals surface area contributed by atoms with E-state index in [-0.39, 0.29) is 12.1 Å². The highest BCUT2D eigenvalue weighted by Crippen LogP contribution is 2.32. The van der Waals surface area contributed by atoms with Crippen molar-refractivity contribution in [3.8, 4) is 11.4 Å². The highest BCUT2D eigenvalue weighted by Gasteiger charge is 2.34. The van der Waals surface area contributed by atoms with E-state index in [1.807, 2.05) is 43.3 Å². The molecule has 4 rings (SSSR count). The minimum Gasteiger partial charge on any atom is -0.337 e. The Bertz CT molecular complexity index is 955. The minimum absolute atomic E-state index is 0.158. The first kappa shape index (κ1) is 17.5. The fourth-order valence-corrected chi connectivity index (χ4v) is 3.40. The summed E-state index contributed by atoms with van der Waals surface area (Å²) in [6.45, 7) is 2.64. The van der Waals surface area contributed by atoms with E-state index in [4.69, 9.17) is 16.1 Å². The smallest absolute Gasteiger partial charge is 0.322 e. The molecule has 1 fully saturated rings. The summed E-state index contributed by atoms with van der Waals surface area (Å²) in [6, 6.07) is 14.6. The predicted molar refractivity (Wildman–Crippen MR) is 104 cm³/mol. The Morgan fingerprint density at radius 1 is 1.26 bits per heavy atom. The second-order valence-electron chi connectivity index (χ2n) is 6.61. The molecule has 2 aromatic carbocycles. The summed E-state index contributed by atoms with van der Waals surface area (Å²) in [6.07, 6.45) is 1.69. The first-order valence-electron chi connectivity index (χ1n) is 8.84. The third-order valence-corrected chi connectivity index (χ3v) is 4.86. The molecule has 1 aliphatic heterocycles. The van der Waals surface area contributed by atoms with Gasteiger partial charge in [0.05, 0.1) is 0 Å². The van der Waals surface area contributed by atoms with E-state index in [9.17, 15) is 4.79 Å². The largest absolute Gasteiger partial charge is 0.337 e. The maximum atomic E-state index is 12.7. The molecule has 0 bridgehead atoms. The van der Waals surface area contributed by atoms with Gasteiger partial charge in [0.15, 0.2) is 0 Å². The first-order chi connectivity index (χ1) is 13.1. The SMILES string of the molecule is Cc1cccc(NC(=O)N2CCCC2c2nc(-c3ccc(Cl)cc3)no2)c1. The molecule has 7 heteroatoms. The average molecular weight is 383 g/mol. The number of halogens is 1. The van der Waals surface area contributed by atoms with Crippen molar-refractivity contribution in [1.29, 1.82) is 0 Å². The lowest BCUT2D eigenvalue weighted by Crippen LogP contribution is -2.34. The summed E-state index contributed by atoms with van der Waals surface area (Å²) < 4.78 is 5.47. The van der Waals surface area contributed by atoms with Crippen LogP contribution in [-0.2, 0) is 0 Å². The van der Waals surface area contributed by atoms with Crippen molar-refractivity contribution >= 4 is 23.3 Å². The maximum Gasteiger partial charge on any atom is 0.322 e. The lowest BCUT2D eigenvalue weighted by Gasteiger charge is -2.22. The van der Waals surface area contributed by atoms with Crippen LogP contribution in [0, 0.1) is 6.92 Å². The van der Waals surface area contributed by atoms with Gasteiger partial charge in [0, 0.05) is 22.8 Å². The van der Waals surface area contributed by atoms with Crippen LogP contribution in [0.15, 0.2) is 53.1 Å². The number of carbonyl (C=O) groups is 1. The van der Waals surface area contributed by atoms with Gasteiger partial charge in [0.2, 0.25) is 11.7 Å². The monoisotopic (exact) mass is 382 g/mol. The van der Waals surface area contributed by atoms with Gasteiger partial charge in [-0.05, 0) is 61.7 Å². The number of rotatable bonds is 3. The second kappa shape index (κ2) is 7.40. The van der Waals surface area contributed by atoms with Crippen LogP contribution in [0.4, 0.5) is 10.5 Å². The van der Waals surface area contributed by atoms with Gasteiger partial charge in [-0.1, -0.05) is 28.9 Å². The fraction of sp³-hybridized carbons (Fsp3) is 0.250. The molecule has 3 aromatic rings. The van der Waals surface area contributed by atoms with Crippen molar-refractivity contribution in [3.05, 3.63) is 65.0 Å². The van der Waals surface area contributed by atoms with Crippen molar-refractivity contribution in [1.82, 2.24) is 15.0 Å². The molecule has 6 nitrogen and oxygen atoms in total. The summed E-state index contributed by atoms with van der Waals surface area (Å²) in [7, 11) is 0. The van der Waals surface area contributed by atoms with Crippen molar-refractivity contribution in [2.24, 2.45) is 0 Å². The zero-order chi connectivity index (χ0) is 18.8. The van der Waals surface area contributed by atoms with E-state index in [0.29, 0.717) is 23.3 Å². The summed E-state index contributed by atoms with van der Waals surface area (Å²) in [5.41, 5.74) is 2.69. The first-order valence-corrected chi connectivity index (χ1v) is 9.22. The number of amides is 2. The molecule has 0 saturated carbocycles. The number of hydrogen-bond donors (Lipinski definition) is 1. The predicted octanol–water partition coefficient (Wildman–Crippen LogP) is 5.07.